The van der Waals surface area contributed by atoms with Crippen LogP contribution >= 0.6 is 0 Å². The van der Waals surface area contributed by atoms with Gasteiger partial charge in [-0.3, -0.25) is 0 Å². The third kappa shape index (κ3) is 3.72. The molecule has 0 aromatic rings. The molecular weight excluding hydrogens is 216 g/mol. The van der Waals surface area contributed by atoms with Crippen LogP contribution in [-0.4, -0.2) is 26.8 Å². The maximum Gasteiger partial charge on any atom is 0.218 e. The van der Waals surface area contributed by atoms with Crippen LogP contribution in [-0.2, 0) is 9.16 Å². The first-order chi connectivity index (χ1) is 7.48. The van der Waals surface area contributed by atoms with Crippen LogP contribution in [0.1, 0.15) is 40.0 Å². The molecule has 1 rings (SSSR count). The van der Waals surface area contributed by atoms with Crippen LogP contribution in [0.3, 0.4) is 0 Å². The van der Waals surface area contributed by atoms with E-state index in [-0.39, 0.29) is 0 Å². The highest BCUT2D eigenvalue weighted by Crippen LogP contribution is 2.31. The van der Waals surface area contributed by atoms with Gasteiger partial charge in [-0.25, -0.2) is 0 Å². The lowest BCUT2D eigenvalue weighted by molar-refractivity contribution is 0.0746. The lowest BCUT2D eigenvalue weighted by Gasteiger charge is -2.40. The molecule has 0 radical (unpaired) electrons. The zero-order valence-corrected chi connectivity index (χ0v) is 12.2. The highest BCUT2D eigenvalue weighted by Gasteiger charge is 2.41. The Hall–Kier alpha value is -0.123. The minimum Gasteiger partial charge on any atom is -0.412 e. The predicted molar refractivity (Wildman–Crippen MR) is 71.1 cm³/mol. The zero-order valence-electron chi connectivity index (χ0n) is 11.2. The van der Waals surface area contributed by atoms with Gasteiger partial charge in [0.15, 0.2) is 0 Å². The number of hydrogen-bond acceptors (Lipinski definition) is 2. The third-order valence-electron chi connectivity index (χ3n) is 3.34. The summed E-state index contributed by atoms with van der Waals surface area (Å²) in [6.07, 6.45) is 3.99. The van der Waals surface area contributed by atoms with Crippen LogP contribution in [0.25, 0.3) is 0 Å². The molecule has 1 aliphatic heterocycles. The van der Waals surface area contributed by atoms with Crippen molar-refractivity contribution in [3.63, 3.8) is 0 Å². The molecule has 0 aliphatic carbocycles. The predicted octanol–water partition coefficient (Wildman–Crippen LogP) is 3.67. The van der Waals surface area contributed by atoms with E-state index in [2.05, 4.69) is 27.0 Å². The van der Waals surface area contributed by atoms with Crippen LogP contribution in [0.15, 0.2) is 12.2 Å². The molecule has 2 nitrogen and oxygen atoms in total. The number of rotatable bonds is 5. The summed E-state index contributed by atoms with van der Waals surface area (Å²) in [7, 11) is -1.66. The minimum atomic E-state index is -1.66. The van der Waals surface area contributed by atoms with E-state index in [0.717, 1.165) is 12.0 Å². The second-order valence-corrected chi connectivity index (χ2v) is 9.30. The van der Waals surface area contributed by atoms with E-state index >= 15 is 0 Å². The van der Waals surface area contributed by atoms with Gasteiger partial charge in [0.05, 0.1) is 12.3 Å². The summed E-state index contributed by atoms with van der Waals surface area (Å²) in [5, 5.41) is 0. The van der Waals surface area contributed by atoms with Crippen molar-refractivity contribution in [1.82, 2.24) is 0 Å². The first-order valence-electron chi connectivity index (χ1n) is 6.41. The van der Waals surface area contributed by atoms with Gasteiger partial charge in [0, 0.05) is 6.10 Å². The van der Waals surface area contributed by atoms with E-state index in [1.165, 1.54) is 18.9 Å². The highest BCUT2D eigenvalue weighted by molar-refractivity contribution is 6.74. The molecule has 16 heavy (non-hydrogen) atoms. The average Bonchev–Trinajstić information content (AvgIpc) is 2.17. The van der Waals surface area contributed by atoms with E-state index in [1.54, 1.807) is 0 Å². The summed E-state index contributed by atoms with van der Waals surface area (Å²) in [5.74, 6) is 0. The van der Waals surface area contributed by atoms with Gasteiger partial charge in [0.25, 0.3) is 0 Å². The van der Waals surface area contributed by atoms with Crippen molar-refractivity contribution >= 4 is 8.32 Å². The molecule has 0 aromatic heterocycles. The highest BCUT2D eigenvalue weighted by atomic mass is 28.4. The van der Waals surface area contributed by atoms with Gasteiger partial charge >= 0.3 is 0 Å². The molecule has 0 bridgehead atoms. The third-order valence-corrected chi connectivity index (χ3v) is 7.56. The van der Waals surface area contributed by atoms with Crippen molar-refractivity contribution in [2.24, 2.45) is 0 Å². The Balaban J connectivity index is 2.58. The fraction of sp³-hybridized carbons (Fsp3) is 0.846. The molecule has 0 spiro atoms. The standard InChI is InChI=1S/C13H26O2Si/c1-6-13(14-10-11(2)3)16(5)9-7-8-12(4)15-16/h12-13H,2,6-10H2,1,3-5H3. The van der Waals surface area contributed by atoms with E-state index in [9.17, 15) is 0 Å². The Morgan fingerprint density at radius 1 is 1.62 bits per heavy atom. The summed E-state index contributed by atoms with van der Waals surface area (Å²) < 4.78 is 12.2. The van der Waals surface area contributed by atoms with Gasteiger partial charge in [-0.15, -0.1) is 0 Å². The quantitative estimate of drug-likeness (QED) is 0.541. The minimum absolute atomic E-state index is 0.326. The van der Waals surface area contributed by atoms with Gasteiger partial charge in [-0.05, 0) is 39.3 Å². The maximum atomic E-state index is 6.24. The molecule has 3 atom stereocenters. The van der Waals surface area contributed by atoms with E-state index in [1.807, 2.05) is 6.92 Å². The Bertz CT molecular complexity index is 242. The summed E-state index contributed by atoms with van der Waals surface area (Å²) in [5.41, 5.74) is 1.42. The molecule has 3 unspecified atom stereocenters. The van der Waals surface area contributed by atoms with Gasteiger partial charge in [-0.2, -0.15) is 0 Å². The summed E-state index contributed by atoms with van der Waals surface area (Å²) in [6.45, 7) is 13.3. The van der Waals surface area contributed by atoms with Crippen molar-refractivity contribution < 1.29 is 9.16 Å². The van der Waals surface area contributed by atoms with E-state index in [4.69, 9.17) is 9.16 Å². The Kier molecular flexibility index (Phi) is 5.22. The Morgan fingerprint density at radius 2 is 2.31 bits per heavy atom. The fourth-order valence-electron chi connectivity index (χ4n) is 2.52. The Labute approximate surface area is 101 Å². The summed E-state index contributed by atoms with van der Waals surface area (Å²) >= 11 is 0. The molecule has 1 saturated heterocycles. The normalized spacial score (nSPS) is 32.4. The summed E-state index contributed by atoms with van der Waals surface area (Å²) in [6, 6.07) is 1.24. The molecule has 1 aliphatic rings. The molecule has 94 valence electrons. The van der Waals surface area contributed by atoms with Crippen LogP contribution in [0.2, 0.25) is 12.6 Å². The average molecular weight is 242 g/mol. The zero-order chi connectivity index (χ0) is 12.2. The molecule has 0 N–H and O–H groups in total. The second-order valence-electron chi connectivity index (χ2n) is 5.30. The lowest BCUT2D eigenvalue weighted by atomic mass is 10.2. The monoisotopic (exact) mass is 242 g/mol. The van der Waals surface area contributed by atoms with E-state index in [0.29, 0.717) is 18.4 Å². The Morgan fingerprint density at radius 3 is 2.81 bits per heavy atom. The van der Waals surface area contributed by atoms with Crippen LogP contribution in [0.4, 0.5) is 0 Å². The van der Waals surface area contributed by atoms with Crippen molar-refractivity contribution in [2.75, 3.05) is 6.61 Å². The second kappa shape index (κ2) is 5.99. The van der Waals surface area contributed by atoms with Crippen molar-refractivity contribution in [3.05, 3.63) is 12.2 Å². The van der Waals surface area contributed by atoms with E-state index < -0.39 is 8.32 Å². The van der Waals surface area contributed by atoms with Crippen molar-refractivity contribution in [1.29, 1.82) is 0 Å². The molecule has 0 saturated carbocycles. The van der Waals surface area contributed by atoms with Crippen LogP contribution in [0, 0.1) is 0 Å². The maximum absolute atomic E-state index is 6.24. The first kappa shape index (κ1) is 13.9. The first-order valence-corrected chi connectivity index (χ1v) is 9.11. The number of ether oxygens (including phenoxy) is 1. The van der Waals surface area contributed by atoms with Gasteiger partial charge in [0.1, 0.15) is 0 Å². The summed E-state index contributed by atoms with van der Waals surface area (Å²) in [4.78, 5) is 0. The fourth-order valence-corrected chi connectivity index (χ4v) is 6.36. The SMILES string of the molecule is C=C(C)COC(CC)[Si]1(C)CCCC(C)O1. The van der Waals surface area contributed by atoms with Crippen molar-refractivity contribution in [2.45, 2.75) is 64.5 Å². The molecular formula is C13H26O2Si. The van der Waals surface area contributed by atoms with Gasteiger partial charge in [0.2, 0.25) is 8.32 Å². The largest absolute Gasteiger partial charge is 0.412 e. The van der Waals surface area contributed by atoms with Gasteiger partial charge in [-0.1, -0.05) is 25.5 Å². The molecule has 1 heterocycles. The lowest BCUT2D eigenvalue weighted by Crippen LogP contribution is -2.53. The molecule has 1 fully saturated rings. The van der Waals surface area contributed by atoms with Crippen LogP contribution < -0.4 is 0 Å². The molecule has 0 aromatic carbocycles. The topological polar surface area (TPSA) is 18.5 Å². The smallest absolute Gasteiger partial charge is 0.218 e. The number of hydrogen-bond donors (Lipinski definition) is 0. The van der Waals surface area contributed by atoms with Gasteiger partial charge < -0.3 is 9.16 Å². The molecule has 3 heteroatoms. The molecule has 0 amide bonds. The van der Waals surface area contributed by atoms with Crippen molar-refractivity contribution in [3.8, 4) is 0 Å². The van der Waals surface area contributed by atoms with Crippen LogP contribution in [0.5, 0.6) is 0 Å².